The molecular weight excluding hydrogens is 800 g/mol. The minimum Gasteiger partial charge on any atom is -0.394 e. The van der Waals surface area contributed by atoms with Crippen LogP contribution in [0.3, 0.4) is 0 Å². The fourth-order valence-corrected chi connectivity index (χ4v) is 4.33. The topological polar surface area (TPSA) is 179 Å². The van der Waals surface area contributed by atoms with Crippen LogP contribution in [-0.4, -0.2) is 72.6 Å². The molecule has 0 bridgehead atoms. The Kier molecular flexibility index (Phi) is 15.7. The quantitative estimate of drug-likeness (QED) is 0.151. The van der Waals surface area contributed by atoms with Crippen molar-refractivity contribution in [2.45, 2.75) is 37.5 Å². The van der Waals surface area contributed by atoms with Gasteiger partial charge in [0.1, 0.15) is 24.3 Å². The molecule has 1 aliphatic heterocycles. The van der Waals surface area contributed by atoms with Gasteiger partial charge in [-0.3, -0.25) is 18.4 Å². The number of amides is 1. The van der Waals surface area contributed by atoms with Crippen LogP contribution in [0.15, 0.2) is 0 Å². The highest BCUT2D eigenvalue weighted by Gasteiger charge is 2.50. The third-order valence-corrected chi connectivity index (χ3v) is 6.34. The highest BCUT2D eigenvalue weighted by atomic mass is 127. The van der Waals surface area contributed by atoms with Crippen molar-refractivity contribution in [3.05, 3.63) is 0 Å². The van der Waals surface area contributed by atoms with Crippen molar-refractivity contribution >= 4 is 89.3 Å². The number of nitrogens with one attached hydrogen (secondary N) is 1. The average molecular weight is 821 g/mol. The van der Waals surface area contributed by atoms with Crippen LogP contribution in [0.1, 0.15) is 6.92 Å². The van der Waals surface area contributed by atoms with Gasteiger partial charge in [0, 0.05) is 21.1 Å². The van der Waals surface area contributed by atoms with E-state index in [1.807, 2.05) is 0 Å². The Morgan fingerprint density at radius 1 is 1.17 bits per heavy atom. The predicted octanol–water partition coefficient (Wildman–Crippen LogP) is 1.95. The van der Waals surface area contributed by atoms with Crippen LogP contribution in [0.4, 0.5) is 4.53 Å². The summed E-state index contributed by atoms with van der Waals surface area (Å²) in [6.45, 7) is 0.282. The Morgan fingerprint density at radius 3 is 2.03 bits per heavy atom. The lowest BCUT2D eigenvalue weighted by Crippen LogP contribution is -2.64. The predicted molar refractivity (Wildman–Crippen MR) is 125 cm³/mol. The molecule has 13 nitrogen and oxygen atoms in total. The van der Waals surface area contributed by atoms with Gasteiger partial charge >= 0.3 is 15.6 Å². The van der Waals surface area contributed by atoms with Crippen molar-refractivity contribution < 1.29 is 61.1 Å². The van der Waals surface area contributed by atoms with Crippen molar-refractivity contribution in [1.29, 1.82) is 0 Å². The lowest BCUT2D eigenvalue weighted by Gasteiger charge is -2.42. The van der Waals surface area contributed by atoms with Gasteiger partial charge in [-0.05, 0) is 4.53 Å². The molecule has 0 radical (unpaired) electrons. The molecule has 30 heavy (non-hydrogen) atoms. The zero-order valence-electron chi connectivity index (χ0n) is 15.6. The van der Waals surface area contributed by atoms with Crippen LogP contribution in [0, 0.1) is 0 Å². The maximum Gasteiger partial charge on any atom is 0.514 e. The Labute approximate surface area is 212 Å². The number of aliphatic hydroxyl groups excluding tert-OH is 3. The molecule has 1 saturated heterocycles. The van der Waals surface area contributed by atoms with Gasteiger partial charge in [0.2, 0.25) is 5.91 Å². The minimum atomic E-state index is -4.97. The smallest absolute Gasteiger partial charge is 0.394 e. The van der Waals surface area contributed by atoms with E-state index in [1.165, 1.54) is 0 Å². The molecule has 0 saturated carbocycles. The number of hydrogen-bond donors (Lipinski definition) is 4. The monoisotopic (exact) mass is 821 g/mol. The van der Waals surface area contributed by atoms with E-state index in [-0.39, 0.29) is 0 Å². The van der Waals surface area contributed by atoms with Gasteiger partial charge < -0.3 is 25.4 Å². The number of aliphatic hydroxyl groups is 3. The summed E-state index contributed by atoms with van der Waals surface area (Å²) in [6, 6.07) is -1.51. The summed E-state index contributed by atoms with van der Waals surface area (Å²) in [5.41, 5.74) is 0. The van der Waals surface area contributed by atoms with Gasteiger partial charge in [-0.25, -0.2) is 9.13 Å². The van der Waals surface area contributed by atoms with Gasteiger partial charge in [0.05, 0.1) is 6.61 Å². The summed E-state index contributed by atoms with van der Waals surface area (Å²) < 4.78 is 63.0. The third kappa shape index (κ3) is 10.7. The molecule has 4 N–H and O–H groups in total. The summed E-state index contributed by atoms with van der Waals surface area (Å²) in [4.78, 5) is 11.3. The first-order valence-corrected chi connectivity index (χ1v) is 14.3. The third-order valence-electron chi connectivity index (χ3n) is 3.22. The van der Waals surface area contributed by atoms with Gasteiger partial charge in [-0.1, -0.05) is 72.5 Å². The van der Waals surface area contributed by atoms with Gasteiger partial charge in [-0.15, -0.1) is 0 Å². The fourth-order valence-electron chi connectivity index (χ4n) is 1.98. The Hall–Kier alpha value is 1.69. The number of ether oxygens (including phenoxy) is 1. The number of phosphoric acid groups is 2. The second kappa shape index (κ2) is 14.8. The molecule has 1 heterocycles. The van der Waals surface area contributed by atoms with Crippen LogP contribution in [0.2, 0.25) is 0 Å². The van der Waals surface area contributed by atoms with Crippen molar-refractivity contribution in [1.82, 2.24) is 5.32 Å². The summed E-state index contributed by atoms with van der Waals surface area (Å²) in [5.74, 6) is -0.691. The number of alkyl halides is 3. The first-order chi connectivity index (χ1) is 13.8. The van der Waals surface area contributed by atoms with Crippen molar-refractivity contribution in [3.8, 4) is 0 Å². The van der Waals surface area contributed by atoms with E-state index >= 15 is 0 Å². The second-order valence-electron chi connectivity index (χ2n) is 5.20. The molecule has 0 aromatic rings. The maximum atomic E-state index is 12.4. The largest absolute Gasteiger partial charge is 0.514 e. The van der Waals surface area contributed by atoms with E-state index < -0.39 is 58.8 Å². The maximum absolute atomic E-state index is 12.4. The molecule has 4 unspecified atom stereocenters. The summed E-state index contributed by atoms with van der Waals surface area (Å²) >= 11 is 6.95. The van der Waals surface area contributed by atoms with E-state index in [0.29, 0.717) is 0 Å². The SMILES string of the molecule is COP(=O)(OF)OP(=O)(OC)O[C@H]1OC(CO)[C@@H](O)[C@H](O)C1NC(C)=O.IC(I)I. The Bertz CT molecular complexity index is 623. The molecule has 0 spiro atoms. The molecule has 1 fully saturated rings. The minimum absolute atomic E-state index is 0.691. The molecule has 0 aromatic heterocycles. The summed E-state index contributed by atoms with van der Waals surface area (Å²) in [5, 5.41) is 31.3. The Balaban J connectivity index is 0.00000192. The number of halogens is 4. The van der Waals surface area contributed by atoms with Crippen LogP contribution < -0.4 is 5.32 Å². The van der Waals surface area contributed by atoms with E-state index in [2.05, 4.69) is 91.2 Å². The normalized spacial score (nSPS) is 30.6. The lowest BCUT2D eigenvalue weighted by atomic mass is 9.97. The summed E-state index contributed by atoms with van der Waals surface area (Å²) in [7, 11) is -8.36. The first-order valence-electron chi connectivity index (χ1n) is 7.61. The molecule has 1 aliphatic rings. The van der Waals surface area contributed by atoms with Gasteiger partial charge in [0.15, 0.2) is 6.29 Å². The van der Waals surface area contributed by atoms with Crippen LogP contribution in [-0.2, 0) is 41.3 Å². The van der Waals surface area contributed by atoms with Crippen LogP contribution in [0.25, 0.3) is 0 Å². The highest BCUT2D eigenvalue weighted by Crippen LogP contribution is 2.66. The fraction of sp³-hybridized carbons (Fsp3) is 0.909. The molecule has 180 valence electrons. The molecular formula is C11H21FI3NO12P2. The lowest BCUT2D eigenvalue weighted by molar-refractivity contribution is -0.248. The molecule has 0 aromatic carbocycles. The zero-order valence-corrected chi connectivity index (χ0v) is 23.9. The van der Waals surface area contributed by atoms with Crippen LogP contribution in [0.5, 0.6) is 0 Å². The van der Waals surface area contributed by atoms with E-state index in [9.17, 15) is 33.8 Å². The van der Waals surface area contributed by atoms with Crippen molar-refractivity contribution in [3.63, 3.8) is 0 Å². The number of carbonyl (C=O) groups excluding carboxylic acids is 1. The van der Waals surface area contributed by atoms with Crippen molar-refractivity contribution in [2.24, 2.45) is 0 Å². The van der Waals surface area contributed by atoms with Gasteiger partial charge in [0.25, 0.3) is 0 Å². The number of phosphoric ester groups is 1. The highest BCUT2D eigenvalue weighted by molar-refractivity contribution is 14.3. The van der Waals surface area contributed by atoms with Crippen molar-refractivity contribution in [2.75, 3.05) is 20.8 Å². The van der Waals surface area contributed by atoms with E-state index in [4.69, 9.17) is 9.26 Å². The number of hydrogen-bond acceptors (Lipinski definition) is 12. The molecule has 7 atom stereocenters. The van der Waals surface area contributed by atoms with E-state index in [0.717, 1.165) is 21.1 Å². The molecule has 1 amide bonds. The van der Waals surface area contributed by atoms with Crippen LogP contribution >= 0.6 is 83.4 Å². The number of carbonyl (C=O) groups is 1. The number of rotatable bonds is 9. The first kappa shape index (κ1) is 31.7. The molecule has 19 heteroatoms. The van der Waals surface area contributed by atoms with Gasteiger partial charge in [-0.2, -0.15) is 4.31 Å². The summed E-state index contributed by atoms with van der Waals surface area (Å²) in [6.07, 6.45) is -6.60. The zero-order chi connectivity index (χ0) is 23.7. The second-order valence-corrected chi connectivity index (χ2v) is 19.6. The Morgan fingerprint density at radius 2 is 1.67 bits per heavy atom. The average Bonchev–Trinajstić information content (AvgIpc) is 2.66. The van der Waals surface area contributed by atoms with E-state index in [1.54, 1.807) is 0 Å². The molecule has 0 aliphatic carbocycles. The standard InChI is InChI=1S/C10H20FNO12P2.CHI3/c1-5(14)12-7-9(16)8(15)6(4-13)21-10(7)22-25(17,19-2)24-26(18,20-3)23-11;2-1(3)4/h6-10,13,15-16H,4H2,1-3H3,(H,12,14);1H/t6?,7?,8-,9-,10-,25?,26?;/m1./s1. The molecule has 1 rings (SSSR count).